The van der Waals surface area contributed by atoms with Crippen LogP contribution >= 0.6 is 11.6 Å². The third-order valence-electron chi connectivity index (χ3n) is 3.62. The van der Waals surface area contributed by atoms with E-state index in [9.17, 15) is 0 Å². The second-order valence-electron chi connectivity index (χ2n) is 5.50. The summed E-state index contributed by atoms with van der Waals surface area (Å²) in [7, 11) is 2.02. The Morgan fingerprint density at radius 3 is 2.41 bits per heavy atom. The number of rotatable bonds is 2. The molecular formula is C13H22ClN3. The number of aryl methyl sites for hydroxylation is 2. The Labute approximate surface area is 109 Å². The van der Waals surface area contributed by atoms with Crippen molar-refractivity contribution in [3.8, 4) is 0 Å². The molecule has 4 heteroatoms. The quantitative estimate of drug-likeness (QED) is 0.758. The fourth-order valence-corrected chi connectivity index (χ4v) is 3.39. The van der Waals surface area contributed by atoms with Crippen LogP contribution in [-0.4, -0.2) is 22.9 Å². The summed E-state index contributed by atoms with van der Waals surface area (Å²) in [6.07, 6.45) is 1.32. The van der Waals surface area contributed by atoms with Gasteiger partial charge in [0.05, 0.1) is 11.6 Å². The zero-order valence-corrected chi connectivity index (χ0v) is 12.0. The molecule has 1 fully saturated rings. The van der Waals surface area contributed by atoms with Crippen molar-refractivity contribution in [1.82, 2.24) is 9.78 Å². The topological polar surface area (TPSA) is 21.1 Å². The number of piperidine rings is 1. The van der Waals surface area contributed by atoms with Crippen LogP contribution in [0.5, 0.6) is 0 Å². The number of anilines is 1. The van der Waals surface area contributed by atoms with Crippen LogP contribution in [0.3, 0.4) is 0 Å². The third kappa shape index (κ3) is 2.44. The Bertz CT molecular complexity index is 390. The third-order valence-corrected chi connectivity index (χ3v) is 3.88. The standard InChI is InChI=1S/C13H22ClN3/c1-9-5-10(2)8-17(7-9)13-12(6-14)11(3)15-16(13)4/h9-10H,5-8H2,1-4H3. The summed E-state index contributed by atoms with van der Waals surface area (Å²) in [6.45, 7) is 8.93. The van der Waals surface area contributed by atoms with Gasteiger partial charge in [-0.05, 0) is 25.2 Å². The largest absolute Gasteiger partial charge is 0.356 e. The molecule has 17 heavy (non-hydrogen) atoms. The first-order valence-electron chi connectivity index (χ1n) is 6.36. The summed E-state index contributed by atoms with van der Waals surface area (Å²) in [5.74, 6) is 3.26. The predicted octanol–water partition coefficient (Wildman–Crippen LogP) is 2.95. The Hall–Kier alpha value is -0.700. The highest BCUT2D eigenvalue weighted by atomic mass is 35.5. The fraction of sp³-hybridized carbons (Fsp3) is 0.769. The molecule has 1 saturated heterocycles. The molecule has 1 aromatic rings. The van der Waals surface area contributed by atoms with Gasteiger partial charge in [-0.15, -0.1) is 11.6 Å². The molecule has 0 bridgehead atoms. The lowest BCUT2D eigenvalue weighted by Gasteiger charge is -2.36. The minimum absolute atomic E-state index is 0.550. The smallest absolute Gasteiger partial charge is 0.131 e. The van der Waals surface area contributed by atoms with Gasteiger partial charge in [0.15, 0.2) is 0 Å². The molecule has 2 heterocycles. The molecule has 0 N–H and O–H groups in total. The van der Waals surface area contributed by atoms with Gasteiger partial charge in [-0.1, -0.05) is 13.8 Å². The average Bonchev–Trinajstić information content (AvgIpc) is 2.51. The van der Waals surface area contributed by atoms with Crippen LogP contribution < -0.4 is 4.90 Å². The Balaban J connectivity index is 2.32. The van der Waals surface area contributed by atoms with Crippen molar-refractivity contribution in [2.45, 2.75) is 33.1 Å². The lowest BCUT2D eigenvalue weighted by atomic mass is 9.92. The summed E-state index contributed by atoms with van der Waals surface area (Å²) < 4.78 is 1.98. The first-order chi connectivity index (χ1) is 8.02. The lowest BCUT2D eigenvalue weighted by Crippen LogP contribution is -2.40. The zero-order chi connectivity index (χ0) is 12.6. The Kier molecular flexibility index (Phi) is 3.67. The molecule has 1 aromatic heterocycles. The highest BCUT2D eigenvalue weighted by Gasteiger charge is 2.26. The second-order valence-corrected chi connectivity index (χ2v) is 5.76. The van der Waals surface area contributed by atoms with Crippen LogP contribution in [0.4, 0.5) is 5.82 Å². The van der Waals surface area contributed by atoms with E-state index in [4.69, 9.17) is 11.6 Å². The molecule has 0 saturated carbocycles. The summed E-state index contributed by atoms with van der Waals surface area (Å²) in [6, 6.07) is 0. The first kappa shape index (κ1) is 12.7. The molecule has 3 nitrogen and oxygen atoms in total. The molecule has 2 rings (SSSR count). The number of halogens is 1. The predicted molar refractivity (Wildman–Crippen MR) is 72.7 cm³/mol. The van der Waals surface area contributed by atoms with Gasteiger partial charge in [-0.25, -0.2) is 0 Å². The maximum atomic E-state index is 6.06. The molecular weight excluding hydrogens is 234 g/mol. The summed E-state index contributed by atoms with van der Waals surface area (Å²) in [5, 5.41) is 4.50. The minimum Gasteiger partial charge on any atom is -0.356 e. The number of alkyl halides is 1. The zero-order valence-electron chi connectivity index (χ0n) is 11.2. The second kappa shape index (κ2) is 4.89. The maximum Gasteiger partial charge on any atom is 0.131 e. The lowest BCUT2D eigenvalue weighted by molar-refractivity contribution is 0.353. The van der Waals surface area contributed by atoms with Crippen molar-refractivity contribution in [3.05, 3.63) is 11.3 Å². The summed E-state index contributed by atoms with van der Waals surface area (Å²) in [4.78, 5) is 2.45. The van der Waals surface area contributed by atoms with Gasteiger partial charge < -0.3 is 4.90 Å². The molecule has 0 aromatic carbocycles. The van der Waals surface area contributed by atoms with E-state index in [-0.39, 0.29) is 0 Å². The van der Waals surface area contributed by atoms with Crippen molar-refractivity contribution < 1.29 is 0 Å². The SMILES string of the molecule is Cc1nn(C)c(N2CC(C)CC(C)C2)c1CCl. The monoisotopic (exact) mass is 255 g/mol. The first-order valence-corrected chi connectivity index (χ1v) is 6.89. The molecule has 2 unspecified atom stereocenters. The van der Waals surface area contributed by atoms with Gasteiger partial charge in [-0.3, -0.25) is 4.68 Å². The van der Waals surface area contributed by atoms with Crippen LogP contribution in [0.2, 0.25) is 0 Å². The van der Waals surface area contributed by atoms with E-state index in [0.29, 0.717) is 5.88 Å². The van der Waals surface area contributed by atoms with Crippen molar-refractivity contribution in [2.75, 3.05) is 18.0 Å². The van der Waals surface area contributed by atoms with Gasteiger partial charge >= 0.3 is 0 Å². The molecule has 2 atom stereocenters. The van der Waals surface area contributed by atoms with E-state index < -0.39 is 0 Å². The normalized spacial score (nSPS) is 25.4. The molecule has 0 amide bonds. The molecule has 0 radical (unpaired) electrons. The van der Waals surface area contributed by atoms with E-state index in [1.165, 1.54) is 17.8 Å². The van der Waals surface area contributed by atoms with E-state index in [1.807, 2.05) is 18.7 Å². The highest BCUT2D eigenvalue weighted by Crippen LogP contribution is 2.30. The molecule has 1 aliphatic rings. The van der Waals surface area contributed by atoms with Crippen molar-refractivity contribution >= 4 is 17.4 Å². The van der Waals surface area contributed by atoms with E-state index >= 15 is 0 Å². The van der Waals surface area contributed by atoms with Crippen molar-refractivity contribution in [3.63, 3.8) is 0 Å². The van der Waals surface area contributed by atoms with E-state index in [1.54, 1.807) is 0 Å². The van der Waals surface area contributed by atoms with Crippen LogP contribution in [-0.2, 0) is 12.9 Å². The highest BCUT2D eigenvalue weighted by molar-refractivity contribution is 6.17. The van der Waals surface area contributed by atoms with Crippen molar-refractivity contribution in [2.24, 2.45) is 18.9 Å². The number of aromatic nitrogens is 2. The molecule has 0 spiro atoms. The Morgan fingerprint density at radius 2 is 1.88 bits per heavy atom. The van der Waals surface area contributed by atoms with Crippen LogP contribution in [0.25, 0.3) is 0 Å². The van der Waals surface area contributed by atoms with Gasteiger partial charge in [0.25, 0.3) is 0 Å². The van der Waals surface area contributed by atoms with Crippen molar-refractivity contribution in [1.29, 1.82) is 0 Å². The van der Waals surface area contributed by atoms with Gasteiger partial charge in [-0.2, -0.15) is 5.10 Å². The van der Waals surface area contributed by atoms with Crippen LogP contribution in [0, 0.1) is 18.8 Å². The van der Waals surface area contributed by atoms with E-state index in [2.05, 4.69) is 23.8 Å². The van der Waals surface area contributed by atoms with Gasteiger partial charge in [0, 0.05) is 25.7 Å². The average molecular weight is 256 g/mol. The minimum atomic E-state index is 0.550. The number of nitrogens with zero attached hydrogens (tertiary/aromatic N) is 3. The van der Waals surface area contributed by atoms with Crippen LogP contribution in [0.1, 0.15) is 31.5 Å². The van der Waals surface area contributed by atoms with E-state index in [0.717, 1.165) is 30.6 Å². The molecule has 1 aliphatic heterocycles. The Morgan fingerprint density at radius 1 is 1.29 bits per heavy atom. The summed E-state index contributed by atoms with van der Waals surface area (Å²) in [5.41, 5.74) is 2.25. The fourth-order valence-electron chi connectivity index (χ4n) is 3.08. The van der Waals surface area contributed by atoms with Gasteiger partial charge in [0.1, 0.15) is 5.82 Å². The van der Waals surface area contributed by atoms with Crippen LogP contribution in [0.15, 0.2) is 0 Å². The number of hydrogen-bond acceptors (Lipinski definition) is 2. The maximum absolute atomic E-state index is 6.06. The summed E-state index contributed by atoms with van der Waals surface area (Å²) >= 11 is 6.06. The van der Waals surface area contributed by atoms with Gasteiger partial charge in [0.2, 0.25) is 0 Å². The number of hydrogen-bond donors (Lipinski definition) is 0. The molecule has 0 aliphatic carbocycles. The molecule has 96 valence electrons.